The fraction of sp³-hybridized carbons (Fsp3) is 0.133. The lowest BCUT2D eigenvalue weighted by Gasteiger charge is -2.26. The van der Waals surface area contributed by atoms with Gasteiger partial charge in [0.15, 0.2) is 17.2 Å². The molecule has 6 heteroatoms. The summed E-state index contributed by atoms with van der Waals surface area (Å²) in [5.41, 5.74) is 10.3. The van der Waals surface area contributed by atoms with Crippen LogP contribution in [-0.2, 0) is 10.3 Å². The van der Waals surface area contributed by atoms with Crippen molar-refractivity contribution >= 4 is 5.91 Å². The molecule has 0 fully saturated rings. The molecule has 1 atom stereocenters. The maximum absolute atomic E-state index is 13.1. The molecule has 0 bridgehead atoms. The van der Waals surface area contributed by atoms with E-state index in [1.54, 1.807) is 30.3 Å². The Morgan fingerprint density at radius 2 is 1.76 bits per heavy atom. The number of carbonyl (C=O) groups is 1. The van der Waals surface area contributed by atoms with Gasteiger partial charge in [-0.2, -0.15) is 0 Å². The monoisotopic (exact) mass is 292 g/mol. The van der Waals surface area contributed by atoms with E-state index in [0.717, 1.165) is 12.1 Å². The average Bonchev–Trinajstić information content (AvgIpc) is 2.49. The number of carbonyl (C=O) groups excluding carboxylic acids is 1. The smallest absolute Gasteiger partial charge is 0.245 e. The molecule has 1 unspecified atom stereocenters. The van der Waals surface area contributed by atoms with Gasteiger partial charge in [-0.15, -0.1) is 0 Å². The predicted octanol–water partition coefficient (Wildman–Crippen LogP) is 1.68. The van der Waals surface area contributed by atoms with Gasteiger partial charge in [-0.1, -0.05) is 30.3 Å². The summed E-state index contributed by atoms with van der Waals surface area (Å²) < 4.78 is 31.2. The molecule has 0 aliphatic carbocycles. The highest BCUT2D eigenvalue weighted by molar-refractivity contribution is 5.86. The summed E-state index contributed by atoms with van der Waals surface area (Å²) in [6.07, 6.45) is 0. The number of amides is 1. The van der Waals surface area contributed by atoms with Crippen LogP contribution >= 0.6 is 0 Å². The molecule has 0 aliphatic rings. The average molecular weight is 292 g/mol. The molecule has 2 rings (SSSR count). The van der Waals surface area contributed by atoms with Crippen molar-refractivity contribution in [3.05, 3.63) is 65.7 Å². The van der Waals surface area contributed by atoms with E-state index < -0.39 is 23.1 Å². The van der Waals surface area contributed by atoms with Crippen LogP contribution in [0, 0.1) is 11.6 Å². The quantitative estimate of drug-likeness (QED) is 0.880. The number of rotatable bonds is 5. The van der Waals surface area contributed by atoms with Gasteiger partial charge in [0.05, 0.1) is 0 Å². The largest absolute Gasteiger partial charge is 0.491 e. The van der Waals surface area contributed by atoms with Crippen molar-refractivity contribution in [3.63, 3.8) is 0 Å². The van der Waals surface area contributed by atoms with Gasteiger partial charge < -0.3 is 16.2 Å². The minimum Gasteiger partial charge on any atom is -0.491 e. The van der Waals surface area contributed by atoms with Crippen LogP contribution in [0.25, 0.3) is 0 Å². The van der Waals surface area contributed by atoms with Crippen molar-refractivity contribution in [2.45, 2.75) is 5.54 Å². The molecule has 0 heterocycles. The van der Waals surface area contributed by atoms with Crippen LogP contribution in [0.2, 0.25) is 0 Å². The van der Waals surface area contributed by atoms with Crippen molar-refractivity contribution in [2.75, 3.05) is 6.61 Å². The number of hydrogen-bond donors (Lipinski definition) is 2. The zero-order chi connectivity index (χ0) is 15.5. The molecular weight excluding hydrogens is 278 g/mol. The molecule has 0 radical (unpaired) electrons. The summed E-state index contributed by atoms with van der Waals surface area (Å²) in [5, 5.41) is 0. The van der Waals surface area contributed by atoms with Crippen molar-refractivity contribution in [1.82, 2.24) is 0 Å². The van der Waals surface area contributed by atoms with Crippen LogP contribution in [-0.4, -0.2) is 12.5 Å². The van der Waals surface area contributed by atoms with E-state index in [0.29, 0.717) is 5.56 Å². The molecule has 110 valence electrons. The zero-order valence-corrected chi connectivity index (χ0v) is 11.1. The van der Waals surface area contributed by atoms with Crippen molar-refractivity contribution in [3.8, 4) is 5.75 Å². The highest BCUT2D eigenvalue weighted by Crippen LogP contribution is 2.21. The van der Waals surface area contributed by atoms with Gasteiger partial charge in [-0.05, 0) is 17.7 Å². The van der Waals surface area contributed by atoms with Gasteiger partial charge in [0, 0.05) is 6.07 Å². The topological polar surface area (TPSA) is 78.3 Å². The number of halogens is 2. The molecule has 2 aromatic carbocycles. The summed E-state index contributed by atoms with van der Waals surface area (Å²) >= 11 is 0. The summed E-state index contributed by atoms with van der Waals surface area (Å²) in [7, 11) is 0. The van der Waals surface area contributed by atoms with Gasteiger partial charge in [0.1, 0.15) is 12.4 Å². The molecule has 1 amide bonds. The second-order valence-corrected chi connectivity index (χ2v) is 4.57. The van der Waals surface area contributed by atoms with Gasteiger partial charge >= 0.3 is 0 Å². The SMILES string of the molecule is NC(=O)C(N)(COc1ccc(F)c(F)c1)c1ccccc1. The van der Waals surface area contributed by atoms with Crippen LogP contribution in [0.15, 0.2) is 48.5 Å². The van der Waals surface area contributed by atoms with Gasteiger partial charge in [0.25, 0.3) is 0 Å². The third-order valence-electron chi connectivity index (χ3n) is 3.09. The lowest BCUT2D eigenvalue weighted by Crippen LogP contribution is -2.53. The summed E-state index contributed by atoms with van der Waals surface area (Å²) in [5.74, 6) is -2.76. The van der Waals surface area contributed by atoms with E-state index in [9.17, 15) is 13.6 Å². The Kier molecular flexibility index (Phi) is 4.18. The third-order valence-corrected chi connectivity index (χ3v) is 3.09. The van der Waals surface area contributed by atoms with Crippen LogP contribution in [0.5, 0.6) is 5.75 Å². The second kappa shape index (κ2) is 5.88. The molecular formula is C15H14F2N2O2. The zero-order valence-electron chi connectivity index (χ0n) is 11.1. The Balaban J connectivity index is 2.21. The first-order valence-corrected chi connectivity index (χ1v) is 6.15. The van der Waals surface area contributed by atoms with E-state index in [4.69, 9.17) is 16.2 Å². The number of benzene rings is 2. The van der Waals surface area contributed by atoms with Gasteiger partial charge in [-0.25, -0.2) is 8.78 Å². The van der Waals surface area contributed by atoms with Crippen LogP contribution in [0.1, 0.15) is 5.56 Å². The van der Waals surface area contributed by atoms with Crippen molar-refractivity contribution in [1.29, 1.82) is 0 Å². The number of ether oxygens (including phenoxy) is 1. The van der Waals surface area contributed by atoms with E-state index in [-0.39, 0.29) is 12.4 Å². The van der Waals surface area contributed by atoms with Gasteiger partial charge in [0.2, 0.25) is 5.91 Å². The maximum atomic E-state index is 13.1. The number of primary amides is 1. The Morgan fingerprint density at radius 3 is 2.33 bits per heavy atom. The fourth-order valence-electron chi connectivity index (χ4n) is 1.80. The lowest BCUT2D eigenvalue weighted by atomic mass is 9.91. The highest BCUT2D eigenvalue weighted by atomic mass is 19.2. The summed E-state index contributed by atoms with van der Waals surface area (Å²) in [4.78, 5) is 11.6. The van der Waals surface area contributed by atoms with E-state index >= 15 is 0 Å². The van der Waals surface area contributed by atoms with E-state index in [2.05, 4.69) is 0 Å². The Hall–Kier alpha value is -2.47. The minimum absolute atomic E-state index is 0.0564. The second-order valence-electron chi connectivity index (χ2n) is 4.57. The summed E-state index contributed by atoms with van der Waals surface area (Å²) in [6.45, 7) is -0.294. The molecule has 0 aromatic heterocycles. The Labute approximate surface area is 120 Å². The van der Waals surface area contributed by atoms with Gasteiger partial charge in [-0.3, -0.25) is 4.79 Å². The molecule has 4 nitrogen and oxygen atoms in total. The van der Waals surface area contributed by atoms with Crippen LogP contribution in [0.4, 0.5) is 8.78 Å². The van der Waals surface area contributed by atoms with E-state index in [1.165, 1.54) is 6.07 Å². The number of hydrogen-bond acceptors (Lipinski definition) is 3. The van der Waals surface area contributed by atoms with E-state index in [1.807, 2.05) is 0 Å². The first-order chi connectivity index (χ1) is 9.93. The third kappa shape index (κ3) is 3.17. The van der Waals surface area contributed by atoms with Crippen molar-refractivity contribution < 1.29 is 18.3 Å². The van der Waals surface area contributed by atoms with Crippen LogP contribution < -0.4 is 16.2 Å². The molecule has 0 saturated heterocycles. The maximum Gasteiger partial charge on any atom is 0.245 e. The molecule has 2 aromatic rings. The fourth-order valence-corrected chi connectivity index (χ4v) is 1.80. The lowest BCUT2D eigenvalue weighted by molar-refractivity contribution is -0.124. The predicted molar refractivity (Wildman–Crippen MR) is 73.4 cm³/mol. The first kappa shape index (κ1) is 14.9. The molecule has 4 N–H and O–H groups in total. The Bertz CT molecular complexity index is 649. The summed E-state index contributed by atoms with van der Waals surface area (Å²) in [6, 6.07) is 11.5. The molecule has 21 heavy (non-hydrogen) atoms. The molecule has 0 saturated carbocycles. The highest BCUT2D eigenvalue weighted by Gasteiger charge is 2.35. The first-order valence-electron chi connectivity index (χ1n) is 6.15. The molecule has 0 spiro atoms. The normalized spacial score (nSPS) is 13.5. The standard InChI is InChI=1S/C15H14F2N2O2/c16-12-7-6-11(8-13(12)17)21-9-15(19,14(18)20)10-4-2-1-3-5-10/h1-8H,9,19H2,(H2,18,20). The molecule has 0 aliphatic heterocycles. The van der Waals surface area contributed by atoms with Crippen molar-refractivity contribution in [2.24, 2.45) is 11.5 Å². The minimum atomic E-state index is -1.56. The van der Waals surface area contributed by atoms with Crippen LogP contribution in [0.3, 0.4) is 0 Å². The number of nitrogens with two attached hydrogens (primary N) is 2. The Morgan fingerprint density at radius 1 is 1.10 bits per heavy atom.